The van der Waals surface area contributed by atoms with Crippen LogP contribution in [0.3, 0.4) is 0 Å². The second-order valence-electron chi connectivity index (χ2n) is 5.74. The molecule has 0 atom stereocenters. The maximum absolute atomic E-state index is 12.2. The van der Waals surface area contributed by atoms with Gasteiger partial charge in [-0.1, -0.05) is 23.2 Å². The van der Waals surface area contributed by atoms with Crippen molar-refractivity contribution in [3.63, 3.8) is 0 Å². The molecule has 1 aliphatic heterocycles. The normalized spacial score (nSPS) is 12.9. The van der Waals surface area contributed by atoms with Crippen LogP contribution in [0.1, 0.15) is 17.5 Å². The highest BCUT2D eigenvalue weighted by Gasteiger charge is 2.16. The molecule has 8 heteroatoms. The lowest BCUT2D eigenvalue weighted by atomic mass is 10.2. The van der Waals surface area contributed by atoms with Gasteiger partial charge in [-0.05, 0) is 29.8 Å². The highest BCUT2D eigenvalue weighted by atomic mass is 35.5. The SMILES string of the molecule is COc1cc(C#N)cc(Cl)c1OC(=O)C=Cc1cc(Cl)c2c(c1)OCCCO2. The molecule has 144 valence electrons. The minimum absolute atomic E-state index is 0.0366. The van der Waals surface area contributed by atoms with Crippen molar-refractivity contribution in [2.75, 3.05) is 20.3 Å². The fraction of sp³-hybridized carbons (Fsp3) is 0.200. The monoisotopic (exact) mass is 419 g/mol. The Morgan fingerprint density at radius 2 is 1.96 bits per heavy atom. The van der Waals surface area contributed by atoms with Crippen molar-refractivity contribution < 1.29 is 23.7 Å². The molecule has 3 rings (SSSR count). The number of nitrogens with zero attached hydrogens (tertiary/aromatic N) is 1. The Bertz CT molecular complexity index is 982. The van der Waals surface area contributed by atoms with Gasteiger partial charge in [-0.2, -0.15) is 5.26 Å². The summed E-state index contributed by atoms with van der Waals surface area (Å²) in [6.07, 6.45) is 3.52. The number of halogens is 2. The van der Waals surface area contributed by atoms with Crippen molar-refractivity contribution in [1.82, 2.24) is 0 Å². The van der Waals surface area contributed by atoms with E-state index in [1.54, 1.807) is 12.1 Å². The Balaban J connectivity index is 1.79. The summed E-state index contributed by atoms with van der Waals surface area (Å²) in [6, 6.07) is 8.16. The predicted octanol–water partition coefficient (Wildman–Crippen LogP) is 4.65. The molecule has 0 aromatic heterocycles. The van der Waals surface area contributed by atoms with Crippen molar-refractivity contribution in [2.45, 2.75) is 6.42 Å². The Morgan fingerprint density at radius 3 is 2.71 bits per heavy atom. The highest BCUT2D eigenvalue weighted by Crippen LogP contribution is 2.39. The number of nitriles is 1. The summed E-state index contributed by atoms with van der Waals surface area (Å²) in [4.78, 5) is 12.2. The third kappa shape index (κ3) is 4.50. The third-order valence-corrected chi connectivity index (χ3v) is 4.36. The van der Waals surface area contributed by atoms with Crippen molar-refractivity contribution in [2.24, 2.45) is 0 Å². The molecule has 28 heavy (non-hydrogen) atoms. The molecule has 2 aromatic rings. The average molecular weight is 420 g/mol. The van der Waals surface area contributed by atoms with E-state index in [0.717, 1.165) is 6.42 Å². The molecule has 0 aliphatic carbocycles. The molecular formula is C20H15Cl2NO5. The van der Waals surface area contributed by atoms with E-state index in [4.69, 9.17) is 47.4 Å². The summed E-state index contributed by atoms with van der Waals surface area (Å²) in [7, 11) is 1.39. The fourth-order valence-corrected chi connectivity index (χ4v) is 3.05. The average Bonchev–Trinajstić information content (AvgIpc) is 2.93. The lowest BCUT2D eigenvalue weighted by Crippen LogP contribution is -2.06. The third-order valence-electron chi connectivity index (χ3n) is 3.80. The zero-order valence-corrected chi connectivity index (χ0v) is 16.3. The first-order valence-corrected chi connectivity index (χ1v) is 9.04. The van der Waals surface area contributed by atoms with Crippen LogP contribution >= 0.6 is 23.2 Å². The maximum atomic E-state index is 12.2. The number of rotatable bonds is 4. The number of ether oxygens (including phenoxy) is 4. The molecule has 1 aliphatic rings. The molecule has 2 aromatic carbocycles. The Hall–Kier alpha value is -2.88. The molecule has 0 fully saturated rings. The molecule has 6 nitrogen and oxygen atoms in total. The van der Waals surface area contributed by atoms with Gasteiger partial charge in [0.05, 0.1) is 42.0 Å². The van der Waals surface area contributed by atoms with E-state index in [1.807, 2.05) is 6.07 Å². The lowest BCUT2D eigenvalue weighted by Gasteiger charge is -2.11. The minimum Gasteiger partial charge on any atom is -0.493 e. The van der Waals surface area contributed by atoms with Gasteiger partial charge < -0.3 is 18.9 Å². The summed E-state index contributed by atoms with van der Waals surface area (Å²) < 4.78 is 21.6. The van der Waals surface area contributed by atoms with Crippen molar-refractivity contribution in [3.05, 3.63) is 51.5 Å². The van der Waals surface area contributed by atoms with E-state index in [-0.39, 0.29) is 16.5 Å². The quantitative estimate of drug-likeness (QED) is 0.407. The second-order valence-corrected chi connectivity index (χ2v) is 6.55. The summed E-state index contributed by atoms with van der Waals surface area (Å²) >= 11 is 12.3. The zero-order chi connectivity index (χ0) is 20.1. The smallest absolute Gasteiger partial charge is 0.336 e. The van der Waals surface area contributed by atoms with Gasteiger partial charge in [0.1, 0.15) is 0 Å². The summed E-state index contributed by atoms with van der Waals surface area (Å²) in [5, 5.41) is 9.46. The molecule has 0 N–H and O–H groups in total. The number of hydrogen-bond acceptors (Lipinski definition) is 6. The fourth-order valence-electron chi connectivity index (χ4n) is 2.53. The molecule has 1 heterocycles. The lowest BCUT2D eigenvalue weighted by molar-refractivity contribution is -0.129. The van der Waals surface area contributed by atoms with E-state index in [2.05, 4.69) is 0 Å². The second kappa shape index (κ2) is 8.87. The summed E-state index contributed by atoms with van der Waals surface area (Å²) in [5.41, 5.74) is 0.933. The molecule has 0 saturated heterocycles. The molecule has 0 bridgehead atoms. The number of carbonyl (C=O) groups excluding carboxylic acids is 1. The number of hydrogen-bond donors (Lipinski definition) is 0. The molecule has 0 spiro atoms. The van der Waals surface area contributed by atoms with Crippen LogP contribution in [0.5, 0.6) is 23.0 Å². The highest BCUT2D eigenvalue weighted by molar-refractivity contribution is 6.33. The van der Waals surface area contributed by atoms with Crippen LogP contribution < -0.4 is 18.9 Å². The van der Waals surface area contributed by atoms with Crippen molar-refractivity contribution in [1.29, 1.82) is 5.26 Å². The van der Waals surface area contributed by atoms with Gasteiger partial charge in [-0.15, -0.1) is 0 Å². The van der Waals surface area contributed by atoms with Gasteiger partial charge in [0.25, 0.3) is 0 Å². The van der Waals surface area contributed by atoms with Crippen LogP contribution in [0, 0.1) is 11.3 Å². The van der Waals surface area contributed by atoms with E-state index in [1.165, 1.54) is 31.4 Å². The van der Waals surface area contributed by atoms with Crippen LogP contribution in [0.15, 0.2) is 30.3 Å². The van der Waals surface area contributed by atoms with Gasteiger partial charge in [0.15, 0.2) is 23.0 Å². The first-order chi connectivity index (χ1) is 13.5. The van der Waals surface area contributed by atoms with E-state index in [0.29, 0.717) is 40.9 Å². The van der Waals surface area contributed by atoms with Crippen LogP contribution in [-0.2, 0) is 4.79 Å². The van der Waals surface area contributed by atoms with Crippen LogP contribution in [-0.4, -0.2) is 26.3 Å². The number of methoxy groups -OCH3 is 1. The maximum Gasteiger partial charge on any atom is 0.336 e. The molecule has 0 unspecified atom stereocenters. The molecule has 0 amide bonds. The Morgan fingerprint density at radius 1 is 1.18 bits per heavy atom. The summed E-state index contributed by atoms with van der Waals surface area (Å²) in [5.74, 6) is 0.565. The Labute approximate surface area is 171 Å². The number of fused-ring (bicyclic) bond motifs is 1. The predicted molar refractivity (Wildman–Crippen MR) is 104 cm³/mol. The van der Waals surface area contributed by atoms with Crippen LogP contribution in [0.4, 0.5) is 0 Å². The minimum atomic E-state index is -0.673. The largest absolute Gasteiger partial charge is 0.493 e. The van der Waals surface area contributed by atoms with E-state index < -0.39 is 5.97 Å². The van der Waals surface area contributed by atoms with Crippen molar-refractivity contribution in [3.8, 4) is 29.1 Å². The molecule has 0 saturated carbocycles. The standard InChI is InChI=1S/C20H15Cl2NO5/c1-25-16-10-13(11-23)8-15(22)20(16)28-18(24)4-3-12-7-14(21)19-17(9-12)26-5-2-6-27-19/h3-4,7-10H,2,5-6H2,1H3. The first-order valence-electron chi connectivity index (χ1n) is 8.28. The zero-order valence-electron chi connectivity index (χ0n) is 14.8. The van der Waals surface area contributed by atoms with Gasteiger partial charge in [-0.3, -0.25) is 0 Å². The van der Waals surface area contributed by atoms with Crippen LogP contribution in [0.2, 0.25) is 10.0 Å². The van der Waals surface area contributed by atoms with Gasteiger partial charge in [0.2, 0.25) is 0 Å². The van der Waals surface area contributed by atoms with Crippen LogP contribution in [0.25, 0.3) is 6.08 Å². The molecular weight excluding hydrogens is 405 g/mol. The Kier molecular flexibility index (Phi) is 6.30. The summed E-state index contributed by atoms with van der Waals surface area (Å²) in [6.45, 7) is 1.05. The van der Waals surface area contributed by atoms with Gasteiger partial charge in [-0.25, -0.2) is 4.79 Å². The van der Waals surface area contributed by atoms with Gasteiger partial charge >= 0.3 is 5.97 Å². The van der Waals surface area contributed by atoms with E-state index >= 15 is 0 Å². The number of esters is 1. The number of benzene rings is 2. The number of carbonyl (C=O) groups is 1. The van der Waals surface area contributed by atoms with Gasteiger partial charge in [0, 0.05) is 18.6 Å². The molecule has 0 radical (unpaired) electrons. The van der Waals surface area contributed by atoms with E-state index in [9.17, 15) is 4.79 Å². The first kappa shape index (κ1) is 19.9. The topological polar surface area (TPSA) is 77.8 Å². The van der Waals surface area contributed by atoms with Crippen molar-refractivity contribution >= 4 is 35.2 Å².